The molecule has 2 aromatic rings. The van der Waals surface area contributed by atoms with Crippen LogP contribution in [0.2, 0.25) is 0 Å². The van der Waals surface area contributed by atoms with Crippen LogP contribution in [0, 0.1) is 5.82 Å². The van der Waals surface area contributed by atoms with Gasteiger partial charge in [-0.1, -0.05) is 13.0 Å². The molecule has 0 amide bonds. The number of hydrogen-bond acceptors (Lipinski definition) is 5. The fourth-order valence-corrected chi connectivity index (χ4v) is 4.09. The van der Waals surface area contributed by atoms with Crippen molar-refractivity contribution < 1.29 is 12.8 Å². The molecule has 0 saturated heterocycles. The molecule has 1 aromatic heterocycles. The van der Waals surface area contributed by atoms with Crippen molar-refractivity contribution in [1.29, 1.82) is 0 Å². The Kier molecular flexibility index (Phi) is 4.36. The van der Waals surface area contributed by atoms with Gasteiger partial charge in [0.2, 0.25) is 10.0 Å². The summed E-state index contributed by atoms with van der Waals surface area (Å²) >= 11 is 1.34. The van der Waals surface area contributed by atoms with E-state index in [0.29, 0.717) is 11.4 Å². The van der Waals surface area contributed by atoms with Crippen LogP contribution in [0.25, 0.3) is 0 Å². The Morgan fingerprint density at radius 1 is 1.50 bits per heavy atom. The van der Waals surface area contributed by atoms with Crippen molar-refractivity contribution in [3.8, 4) is 0 Å². The fourth-order valence-electron chi connectivity index (χ4n) is 1.77. The van der Waals surface area contributed by atoms with E-state index in [2.05, 4.69) is 9.71 Å². The maximum Gasteiger partial charge on any atom is 0.246 e. The molecule has 0 aliphatic heterocycles. The summed E-state index contributed by atoms with van der Waals surface area (Å²) < 4.78 is 40.7. The van der Waals surface area contributed by atoms with Gasteiger partial charge in [-0.05, 0) is 18.6 Å². The topological polar surface area (TPSA) is 85.1 Å². The molecule has 1 unspecified atom stereocenters. The van der Waals surface area contributed by atoms with Crippen LogP contribution in [-0.4, -0.2) is 13.4 Å². The van der Waals surface area contributed by atoms with Gasteiger partial charge >= 0.3 is 0 Å². The zero-order valence-electron chi connectivity index (χ0n) is 10.7. The van der Waals surface area contributed by atoms with Crippen molar-refractivity contribution in [2.45, 2.75) is 24.3 Å². The van der Waals surface area contributed by atoms with Gasteiger partial charge in [0.05, 0.1) is 11.7 Å². The van der Waals surface area contributed by atoms with Gasteiger partial charge in [0.15, 0.2) is 0 Å². The molecule has 1 aromatic carbocycles. The van der Waals surface area contributed by atoms with Gasteiger partial charge in [0.25, 0.3) is 0 Å². The molecule has 5 nitrogen and oxygen atoms in total. The number of sulfonamides is 1. The Bertz CT molecular complexity index is 666. The Morgan fingerprint density at radius 3 is 2.80 bits per heavy atom. The molecule has 0 saturated carbocycles. The molecule has 20 heavy (non-hydrogen) atoms. The monoisotopic (exact) mass is 315 g/mol. The lowest BCUT2D eigenvalue weighted by atomic mass is 10.3. The first kappa shape index (κ1) is 14.9. The SMILES string of the molecule is CCC(NS(=O)(=O)c1c(N)cccc1F)c1nccs1. The first-order valence-electron chi connectivity index (χ1n) is 5.91. The number of aromatic nitrogens is 1. The van der Waals surface area contributed by atoms with Crippen molar-refractivity contribution in [3.05, 3.63) is 40.6 Å². The van der Waals surface area contributed by atoms with E-state index in [1.165, 1.54) is 23.5 Å². The fraction of sp³-hybridized carbons (Fsp3) is 0.250. The first-order valence-corrected chi connectivity index (χ1v) is 8.27. The number of anilines is 1. The van der Waals surface area contributed by atoms with E-state index >= 15 is 0 Å². The van der Waals surface area contributed by atoms with Gasteiger partial charge in [0, 0.05) is 11.6 Å². The summed E-state index contributed by atoms with van der Waals surface area (Å²) in [4.78, 5) is 3.56. The van der Waals surface area contributed by atoms with Gasteiger partial charge in [-0.25, -0.2) is 22.5 Å². The molecule has 0 spiro atoms. The molecule has 0 aliphatic carbocycles. The van der Waals surface area contributed by atoms with E-state index in [1.807, 2.05) is 6.92 Å². The number of rotatable bonds is 5. The van der Waals surface area contributed by atoms with Crippen LogP contribution >= 0.6 is 11.3 Å². The molecule has 0 fully saturated rings. The summed E-state index contributed by atoms with van der Waals surface area (Å²) in [5, 5.41) is 2.38. The standard InChI is InChI=1S/C12H14FN3O2S2/c1-2-10(12-15-6-7-19-12)16-20(17,18)11-8(13)4-3-5-9(11)14/h3-7,10,16H,2,14H2,1H3. The molecule has 8 heteroatoms. The molecule has 0 bridgehead atoms. The van der Waals surface area contributed by atoms with Gasteiger partial charge in [-0.15, -0.1) is 11.3 Å². The smallest absolute Gasteiger partial charge is 0.246 e. The van der Waals surface area contributed by atoms with Gasteiger partial charge in [-0.3, -0.25) is 0 Å². The minimum Gasteiger partial charge on any atom is -0.398 e. The summed E-state index contributed by atoms with van der Waals surface area (Å²) in [5.41, 5.74) is 5.45. The third kappa shape index (κ3) is 2.97. The molecular formula is C12H14FN3O2S2. The number of hydrogen-bond donors (Lipinski definition) is 2. The van der Waals surface area contributed by atoms with Crippen LogP contribution in [0.15, 0.2) is 34.7 Å². The first-order chi connectivity index (χ1) is 9.45. The highest BCUT2D eigenvalue weighted by molar-refractivity contribution is 7.89. The molecule has 1 heterocycles. The number of nitrogens with zero attached hydrogens (tertiary/aromatic N) is 1. The summed E-state index contributed by atoms with van der Waals surface area (Å²) in [5.74, 6) is -0.869. The van der Waals surface area contributed by atoms with Crippen molar-refractivity contribution in [2.24, 2.45) is 0 Å². The van der Waals surface area contributed by atoms with E-state index in [1.54, 1.807) is 11.6 Å². The lowest BCUT2D eigenvalue weighted by Gasteiger charge is -2.16. The van der Waals surface area contributed by atoms with Crippen molar-refractivity contribution in [2.75, 3.05) is 5.73 Å². The quantitative estimate of drug-likeness (QED) is 0.829. The zero-order chi connectivity index (χ0) is 14.8. The van der Waals surface area contributed by atoms with E-state index in [-0.39, 0.29) is 5.69 Å². The second-order valence-corrected chi connectivity index (χ2v) is 6.69. The van der Waals surface area contributed by atoms with Crippen LogP contribution in [0.4, 0.5) is 10.1 Å². The molecule has 3 N–H and O–H groups in total. The number of halogens is 1. The van der Waals surface area contributed by atoms with Gasteiger partial charge in [-0.2, -0.15) is 0 Å². The van der Waals surface area contributed by atoms with Crippen molar-refractivity contribution in [3.63, 3.8) is 0 Å². The highest BCUT2D eigenvalue weighted by Gasteiger charge is 2.26. The van der Waals surface area contributed by atoms with Crippen molar-refractivity contribution in [1.82, 2.24) is 9.71 Å². The summed E-state index contributed by atoms with van der Waals surface area (Å²) in [6.07, 6.45) is 2.09. The summed E-state index contributed by atoms with van der Waals surface area (Å²) in [7, 11) is -4.04. The van der Waals surface area contributed by atoms with Crippen LogP contribution in [-0.2, 0) is 10.0 Å². The Morgan fingerprint density at radius 2 is 2.25 bits per heavy atom. The Hall–Kier alpha value is -1.51. The molecule has 1 atom stereocenters. The normalized spacial score (nSPS) is 13.3. The Labute approximate surface area is 120 Å². The number of thiazole rings is 1. The molecule has 0 aliphatic rings. The number of nitrogens with one attached hydrogen (secondary N) is 1. The van der Waals surface area contributed by atoms with Crippen LogP contribution in [0.3, 0.4) is 0 Å². The third-order valence-corrected chi connectivity index (χ3v) is 5.17. The van der Waals surface area contributed by atoms with Crippen molar-refractivity contribution >= 4 is 27.0 Å². The predicted octanol–water partition coefficient (Wildman–Crippen LogP) is 2.29. The van der Waals surface area contributed by atoms with Crippen LogP contribution in [0.5, 0.6) is 0 Å². The average molecular weight is 315 g/mol. The minimum atomic E-state index is -4.04. The minimum absolute atomic E-state index is 0.119. The summed E-state index contributed by atoms with van der Waals surface area (Å²) in [6.45, 7) is 1.82. The molecule has 2 rings (SSSR count). The van der Waals surface area contributed by atoms with E-state index in [4.69, 9.17) is 5.73 Å². The second-order valence-electron chi connectivity index (χ2n) is 4.11. The largest absolute Gasteiger partial charge is 0.398 e. The highest BCUT2D eigenvalue weighted by atomic mass is 32.2. The number of nitrogens with two attached hydrogens (primary N) is 1. The van der Waals surface area contributed by atoms with Crippen LogP contribution in [0.1, 0.15) is 24.4 Å². The lowest BCUT2D eigenvalue weighted by Crippen LogP contribution is -2.29. The van der Waals surface area contributed by atoms with Gasteiger partial charge < -0.3 is 5.73 Å². The number of nitrogen functional groups attached to an aromatic ring is 1. The Balaban J connectivity index is 2.36. The predicted molar refractivity (Wildman–Crippen MR) is 76.3 cm³/mol. The van der Waals surface area contributed by atoms with E-state index < -0.39 is 26.8 Å². The molecule has 0 radical (unpaired) electrons. The third-order valence-electron chi connectivity index (χ3n) is 2.72. The maximum atomic E-state index is 13.7. The maximum absolute atomic E-state index is 13.7. The van der Waals surface area contributed by atoms with Gasteiger partial charge in [0.1, 0.15) is 15.7 Å². The second kappa shape index (κ2) is 5.86. The molecular weight excluding hydrogens is 301 g/mol. The summed E-state index contributed by atoms with van der Waals surface area (Å²) in [6, 6.07) is 3.28. The van der Waals surface area contributed by atoms with E-state index in [9.17, 15) is 12.8 Å². The molecule has 108 valence electrons. The van der Waals surface area contributed by atoms with E-state index in [0.717, 1.165) is 6.07 Å². The zero-order valence-corrected chi connectivity index (χ0v) is 12.3. The number of benzene rings is 1. The van der Waals surface area contributed by atoms with Crippen LogP contribution < -0.4 is 10.5 Å². The highest BCUT2D eigenvalue weighted by Crippen LogP contribution is 2.26. The lowest BCUT2D eigenvalue weighted by molar-refractivity contribution is 0.535. The average Bonchev–Trinajstić information content (AvgIpc) is 2.89.